The Morgan fingerprint density at radius 2 is 1.82 bits per heavy atom. The summed E-state index contributed by atoms with van der Waals surface area (Å²) in [6.07, 6.45) is 4.96. The van der Waals surface area contributed by atoms with E-state index in [1.807, 2.05) is 0 Å². The van der Waals surface area contributed by atoms with Crippen LogP contribution >= 0.6 is 0 Å². The number of nitrogens with zero attached hydrogens (tertiary/aromatic N) is 1. The second-order valence-electron chi connectivity index (χ2n) is 2.47. The van der Waals surface area contributed by atoms with E-state index in [4.69, 9.17) is 16.0 Å². The number of hydrogen-bond donors (Lipinski definition) is 2. The van der Waals surface area contributed by atoms with Crippen molar-refractivity contribution in [1.29, 1.82) is 5.41 Å². The van der Waals surface area contributed by atoms with Crippen molar-refractivity contribution in [2.75, 3.05) is 20.3 Å². The summed E-state index contributed by atoms with van der Waals surface area (Å²) in [7, 11) is 1.59. The van der Waals surface area contributed by atoms with Crippen molar-refractivity contribution >= 4 is 6.34 Å². The zero-order valence-corrected chi connectivity index (χ0v) is 7.05. The molecule has 1 heterocycles. The molecule has 1 aliphatic heterocycles. The fraction of sp³-hybridized carbons (Fsp3) is 0.857. The molecule has 66 valence electrons. The molecule has 0 radical (unpaired) electrons. The first kappa shape index (κ1) is 10.4. The average Bonchev–Trinajstić information content (AvgIpc) is 2.09. The van der Waals surface area contributed by atoms with Crippen molar-refractivity contribution in [3.05, 3.63) is 0 Å². The van der Waals surface area contributed by atoms with Crippen LogP contribution < -0.4 is 5.84 Å². The molecule has 0 aromatic rings. The number of hydrazine groups is 1. The van der Waals surface area contributed by atoms with Crippen LogP contribution in [-0.2, 0) is 4.74 Å². The lowest BCUT2D eigenvalue weighted by Crippen LogP contribution is -2.22. The van der Waals surface area contributed by atoms with Crippen molar-refractivity contribution in [3.8, 4) is 0 Å². The number of nitrogens with two attached hydrogens (primary N) is 1. The first-order valence-corrected chi connectivity index (χ1v) is 3.83. The van der Waals surface area contributed by atoms with E-state index in [0.29, 0.717) is 0 Å². The van der Waals surface area contributed by atoms with Crippen LogP contribution in [0.5, 0.6) is 0 Å². The monoisotopic (exact) mass is 159 g/mol. The second kappa shape index (κ2) is 7.50. The molecule has 4 nitrogen and oxygen atoms in total. The molecular formula is C7H17N3O. The van der Waals surface area contributed by atoms with E-state index in [1.165, 1.54) is 24.3 Å². The van der Waals surface area contributed by atoms with E-state index in [2.05, 4.69) is 0 Å². The van der Waals surface area contributed by atoms with Gasteiger partial charge < -0.3 is 9.75 Å². The number of ether oxygens (including phenoxy) is 1. The van der Waals surface area contributed by atoms with Crippen LogP contribution in [0.15, 0.2) is 0 Å². The third-order valence-corrected chi connectivity index (χ3v) is 1.28. The predicted molar refractivity (Wildman–Crippen MR) is 45.4 cm³/mol. The Bertz CT molecular complexity index is 80.2. The molecule has 0 aliphatic carbocycles. The van der Waals surface area contributed by atoms with E-state index in [-0.39, 0.29) is 0 Å². The van der Waals surface area contributed by atoms with Crippen LogP contribution in [-0.4, -0.2) is 31.6 Å². The molecule has 0 aromatic carbocycles. The molecule has 1 aliphatic rings. The van der Waals surface area contributed by atoms with Gasteiger partial charge in [0.1, 0.15) is 0 Å². The molecule has 0 saturated carbocycles. The molecule has 1 rings (SSSR count). The topological polar surface area (TPSA) is 62.3 Å². The summed E-state index contributed by atoms with van der Waals surface area (Å²) in [6, 6.07) is 0. The van der Waals surface area contributed by atoms with E-state index in [1.54, 1.807) is 7.05 Å². The second-order valence-corrected chi connectivity index (χ2v) is 2.47. The summed E-state index contributed by atoms with van der Waals surface area (Å²) in [6.45, 7) is 2.00. The molecule has 0 spiro atoms. The van der Waals surface area contributed by atoms with Crippen molar-refractivity contribution in [2.45, 2.75) is 19.3 Å². The van der Waals surface area contributed by atoms with E-state index < -0.39 is 0 Å². The summed E-state index contributed by atoms with van der Waals surface area (Å²) in [5, 5.41) is 7.50. The first-order valence-electron chi connectivity index (χ1n) is 3.83. The van der Waals surface area contributed by atoms with E-state index >= 15 is 0 Å². The van der Waals surface area contributed by atoms with Crippen LogP contribution in [0.3, 0.4) is 0 Å². The summed E-state index contributed by atoms with van der Waals surface area (Å²) in [5.41, 5.74) is 0. The fourth-order valence-corrected chi connectivity index (χ4v) is 0.687. The van der Waals surface area contributed by atoms with Gasteiger partial charge in [-0.3, -0.25) is 5.41 Å². The normalized spacial score (nSPS) is 16.2. The number of nitrogens with one attached hydrogen (secondary N) is 1. The third kappa shape index (κ3) is 9.39. The first-order chi connectivity index (χ1) is 5.27. The SMILES string of the molecule is C1CCOCC1.CN(N)C=N. The van der Waals surface area contributed by atoms with Gasteiger partial charge >= 0.3 is 0 Å². The molecule has 11 heavy (non-hydrogen) atoms. The minimum absolute atomic E-state index is 1.00. The molecule has 0 amide bonds. The van der Waals surface area contributed by atoms with Crippen LogP contribution in [0.25, 0.3) is 0 Å². The van der Waals surface area contributed by atoms with Gasteiger partial charge in [-0.2, -0.15) is 0 Å². The highest BCUT2D eigenvalue weighted by molar-refractivity contribution is 5.48. The lowest BCUT2D eigenvalue weighted by atomic mass is 10.2. The number of hydrogen-bond acceptors (Lipinski definition) is 3. The summed E-state index contributed by atoms with van der Waals surface area (Å²) in [5.74, 6) is 4.88. The Labute approximate surface area is 67.8 Å². The van der Waals surface area contributed by atoms with E-state index in [9.17, 15) is 0 Å². The van der Waals surface area contributed by atoms with Gasteiger partial charge in [-0.25, -0.2) is 5.84 Å². The van der Waals surface area contributed by atoms with Crippen molar-refractivity contribution in [2.24, 2.45) is 5.84 Å². The zero-order valence-electron chi connectivity index (χ0n) is 7.05. The predicted octanol–water partition coefficient (Wildman–Crippen LogP) is 0.586. The van der Waals surface area contributed by atoms with Crippen molar-refractivity contribution in [1.82, 2.24) is 5.01 Å². The highest BCUT2D eigenvalue weighted by Gasteiger charge is 1.94. The van der Waals surface area contributed by atoms with Crippen LogP contribution in [0, 0.1) is 5.41 Å². The Morgan fingerprint density at radius 3 is 1.91 bits per heavy atom. The summed E-state index contributed by atoms with van der Waals surface area (Å²) < 4.78 is 5.07. The van der Waals surface area contributed by atoms with Gasteiger partial charge in [0, 0.05) is 20.3 Å². The lowest BCUT2D eigenvalue weighted by Gasteiger charge is -2.08. The molecule has 0 unspecified atom stereocenters. The standard InChI is InChI=1S/C5H10O.C2H7N3/c1-2-4-6-5-3-1;1-5(4)2-3/h1-5H2;2-3H,4H2,1H3. The van der Waals surface area contributed by atoms with Crippen molar-refractivity contribution < 1.29 is 4.74 Å². The Balaban J connectivity index is 0.000000187. The van der Waals surface area contributed by atoms with Gasteiger partial charge in [0.05, 0.1) is 6.34 Å². The van der Waals surface area contributed by atoms with Gasteiger partial charge in [-0.1, -0.05) is 0 Å². The van der Waals surface area contributed by atoms with Gasteiger partial charge in [0.15, 0.2) is 0 Å². The van der Waals surface area contributed by atoms with Gasteiger partial charge in [0.25, 0.3) is 0 Å². The van der Waals surface area contributed by atoms with Gasteiger partial charge in [-0.15, -0.1) is 0 Å². The Hall–Kier alpha value is -0.610. The zero-order chi connectivity index (χ0) is 8.53. The lowest BCUT2D eigenvalue weighted by molar-refractivity contribution is 0.0968. The summed E-state index contributed by atoms with van der Waals surface area (Å²) in [4.78, 5) is 0. The maximum atomic E-state index is 6.33. The maximum absolute atomic E-state index is 6.33. The fourth-order valence-electron chi connectivity index (χ4n) is 0.687. The molecule has 0 aromatic heterocycles. The summed E-state index contributed by atoms with van der Waals surface area (Å²) >= 11 is 0. The molecular weight excluding hydrogens is 142 g/mol. The molecule has 3 N–H and O–H groups in total. The molecule has 4 heteroatoms. The number of rotatable bonds is 1. The van der Waals surface area contributed by atoms with Crippen molar-refractivity contribution in [3.63, 3.8) is 0 Å². The minimum atomic E-state index is 1.00. The molecule has 1 saturated heterocycles. The quantitative estimate of drug-likeness (QED) is 0.255. The van der Waals surface area contributed by atoms with Gasteiger partial charge in [0.2, 0.25) is 0 Å². The van der Waals surface area contributed by atoms with Gasteiger partial charge in [-0.05, 0) is 19.3 Å². The highest BCUT2D eigenvalue weighted by Crippen LogP contribution is 2.02. The van der Waals surface area contributed by atoms with Crippen LogP contribution in [0.4, 0.5) is 0 Å². The molecule has 1 fully saturated rings. The largest absolute Gasteiger partial charge is 0.381 e. The van der Waals surface area contributed by atoms with Crippen LogP contribution in [0.1, 0.15) is 19.3 Å². The van der Waals surface area contributed by atoms with Crippen LogP contribution in [0.2, 0.25) is 0 Å². The Kier molecular flexibility index (Phi) is 7.08. The molecule has 0 atom stereocenters. The minimum Gasteiger partial charge on any atom is -0.381 e. The smallest absolute Gasteiger partial charge is 0.0955 e. The average molecular weight is 159 g/mol. The van der Waals surface area contributed by atoms with E-state index in [0.717, 1.165) is 19.6 Å². The highest BCUT2D eigenvalue weighted by atomic mass is 16.5. The third-order valence-electron chi connectivity index (χ3n) is 1.28. The Morgan fingerprint density at radius 1 is 1.36 bits per heavy atom. The molecule has 0 bridgehead atoms. The maximum Gasteiger partial charge on any atom is 0.0955 e.